The highest BCUT2D eigenvalue weighted by Crippen LogP contribution is 2.48. The topological polar surface area (TPSA) is 21.1 Å². The van der Waals surface area contributed by atoms with Crippen LogP contribution in [0.2, 0.25) is 0 Å². The van der Waals surface area contributed by atoms with Crippen LogP contribution in [0.1, 0.15) is 30.5 Å². The molecule has 1 aliphatic rings. The zero-order valence-electron chi connectivity index (χ0n) is 22.9. The van der Waals surface area contributed by atoms with Gasteiger partial charge in [0.05, 0.1) is 22.2 Å². The average molecular weight is 516 g/mol. The van der Waals surface area contributed by atoms with Gasteiger partial charge in [0.15, 0.2) is 0 Å². The number of nitrogens with zero attached hydrogens (tertiary/aromatic N) is 3. The van der Waals surface area contributed by atoms with E-state index in [4.69, 9.17) is 0 Å². The minimum atomic E-state index is -0.0741. The molecule has 0 fully saturated rings. The van der Waals surface area contributed by atoms with Crippen molar-refractivity contribution in [1.29, 1.82) is 0 Å². The second-order valence-electron chi connectivity index (χ2n) is 11.4. The van der Waals surface area contributed by atoms with Crippen molar-refractivity contribution in [3.05, 3.63) is 138 Å². The second kappa shape index (κ2) is 8.30. The molecular weight excluding hydrogens is 486 g/mol. The predicted octanol–water partition coefficient (Wildman–Crippen LogP) is 9.75. The predicted molar refractivity (Wildman–Crippen MR) is 168 cm³/mol. The molecule has 0 atom stereocenters. The maximum atomic E-state index is 4.65. The number of rotatable bonds is 3. The zero-order chi connectivity index (χ0) is 27.0. The Morgan fingerprint density at radius 2 is 1.40 bits per heavy atom. The van der Waals surface area contributed by atoms with Gasteiger partial charge < -0.3 is 9.47 Å². The van der Waals surface area contributed by atoms with E-state index in [9.17, 15) is 0 Å². The minimum Gasteiger partial charge on any atom is -0.310 e. The number of hydrogen-bond acceptors (Lipinski definition) is 2. The molecule has 0 aliphatic carbocycles. The fourth-order valence-corrected chi connectivity index (χ4v) is 6.63. The Morgan fingerprint density at radius 1 is 0.650 bits per heavy atom. The molecule has 0 saturated heterocycles. The SMILES string of the molecule is Cc1ccc(N(c2ccc3cccnc3c2)c2ccc3c(c2)c2cccc4c2n3-c2ccccc2C4(C)C)cc1. The number of anilines is 3. The number of para-hydroxylation sites is 2. The van der Waals surface area contributed by atoms with E-state index in [-0.39, 0.29) is 5.41 Å². The van der Waals surface area contributed by atoms with Gasteiger partial charge in [-0.3, -0.25) is 4.98 Å². The summed E-state index contributed by atoms with van der Waals surface area (Å²) >= 11 is 0. The Bertz CT molecular complexity index is 2100. The van der Waals surface area contributed by atoms with Crippen molar-refractivity contribution in [2.24, 2.45) is 0 Å². The third kappa shape index (κ3) is 3.21. The van der Waals surface area contributed by atoms with Gasteiger partial charge in [0.1, 0.15) is 0 Å². The molecule has 0 radical (unpaired) electrons. The van der Waals surface area contributed by atoms with Gasteiger partial charge >= 0.3 is 0 Å². The van der Waals surface area contributed by atoms with Crippen LogP contribution in [0.25, 0.3) is 38.4 Å². The van der Waals surface area contributed by atoms with Gasteiger partial charge in [0.25, 0.3) is 0 Å². The van der Waals surface area contributed by atoms with E-state index in [2.05, 4.69) is 144 Å². The van der Waals surface area contributed by atoms with Crippen molar-refractivity contribution in [2.75, 3.05) is 4.90 Å². The maximum Gasteiger partial charge on any atom is 0.0722 e. The summed E-state index contributed by atoms with van der Waals surface area (Å²) < 4.78 is 2.47. The highest BCUT2D eigenvalue weighted by molar-refractivity contribution is 6.12. The summed E-state index contributed by atoms with van der Waals surface area (Å²) in [7, 11) is 0. The number of fused-ring (bicyclic) bond motifs is 6. The number of hydrogen-bond donors (Lipinski definition) is 0. The van der Waals surface area contributed by atoms with Crippen LogP contribution in [0.3, 0.4) is 0 Å². The lowest BCUT2D eigenvalue weighted by atomic mass is 9.75. The van der Waals surface area contributed by atoms with Crippen molar-refractivity contribution < 1.29 is 0 Å². The van der Waals surface area contributed by atoms with Gasteiger partial charge in [-0.25, -0.2) is 0 Å². The molecule has 0 saturated carbocycles. The van der Waals surface area contributed by atoms with Crippen LogP contribution < -0.4 is 4.90 Å². The molecule has 40 heavy (non-hydrogen) atoms. The largest absolute Gasteiger partial charge is 0.310 e. The molecular formula is C37H29N3. The molecule has 1 aliphatic heterocycles. The van der Waals surface area contributed by atoms with Crippen LogP contribution in [0.15, 0.2) is 121 Å². The Kier molecular flexibility index (Phi) is 4.78. The summed E-state index contributed by atoms with van der Waals surface area (Å²) in [4.78, 5) is 7.00. The van der Waals surface area contributed by atoms with E-state index in [1.54, 1.807) is 0 Å². The smallest absolute Gasteiger partial charge is 0.0722 e. The second-order valence-corrected chi connectivity index (χ2v) is 11.4. The van der Waals surface area contributed by atoms with Crippen molar-refractivity contribution in [1.82, 2.24) is 9.55 Å². The molecule has 3 heteroatoms. The zero-order valence-corrected chi connectivity index (χ0v) is 22.9. The van der Waals surface area contributed by atoms with Crippen LogP contribution in [0.5, 0.6) is 0 Å². The Balaban J connectivity index is 1.41. The summed E-state index contributed by atoms with van der Waals surface area (Å²) in [5, 5.41) is 3.69. The normalized spacial score (nSPS) is 13.6. The molecule has 0 bridgehead atoms. The van der Waals surface area contributed by atoms with Crippen LogP contribution in [-0.2, 0) is 5.41 Å². The maximum absolute atomic E-state index is 4.65. The van der Waals surface area contributed by atoms with Gasteiger partial charge in [-0.2, -0.15) is 0 Å². The molecule has 0 spiro atoms. The molecule has 3 heterocycles. The number of aromatic nitrogens is 2. The molecule has 0 N–H and O–H groups in total. The van der Waals surface area contributed by atoms with Crippen LogP contribution >= 0.6 is 0 Å². The monoisotopic (exact) mass is 515 g/mol. The standard InChI is InChI=1S/C37H29N3/c1-24-13-16-26(17-14-24)39(28-18-15-25-8-7-21-38-33(25)23-28)27-19-20-34-30(22-27)29-9-6-11-32-36(29)40(34)35-12-5-4-10-31(35)37(32,2)3/h4-23H,1-3H3. The van der Waals surface area contributed by atoms with Crippen molar-refractivity contribution in [3.63, 3.8) is 0 Å². The third-order valence-corrected chi connectivity index (χ3v) is 8.66. The first kappa shape index (κ1) is 23.0. The van der Waals surface area contributed by atoms with E-state index in [0.29, 0.717) is 0 Å². The van der Waals surface area contributed by atoms with Crippen LogP contribution in [-0.4, -0.2) is 9.55 Å². The van der Waals surface area contributed by atoms with Crippen LogP contribution in [0.4, 0.5) is 17.1 Å². The van der Waals surface area contributed by atoms with E-state index >= 15 is 0 Å². The van der Waals surface area contributed by atoms with Gasteiger partial charge in [-0.15, -0.1) is 0 Å². The van der Waals surface area contributed by atoms with E-state index in [0.717, 1.165) is 28.0 Å². The first-order valence-electron chi connectivity index (χ1n) is 13.9. The molecule has 3 nitrogen and oxygen atoms in total. The molecule has 8 rings (SSSR count). The molecule has 2 aromatic heterocycles. The third-order valence-electron chi connectivity index (χ3n) is 8.66. The quantitative estimate of drug-likeness (QED) is 0.233. The first-order chi connectivity index (χ1) is 19.5. The van der Waals surface area contributed by atoms with Crippen molar-refractivity contribution in [2.45, 2.75) is 26.2 Å². The highest BCUT2D eigenvalue weighted by atomic mass is 15.1. The number of aryl methyl sites for hydroxylation is 1. The summed E-state index contributed by atoms with van der Waals surface area (Å²) in [6.45, 7) is 6.83. The summed E-state index contributed by atoms with van der Waals surface area (Å²) in [6.07, 6.45) is 1.86. The van der Waals surface area contributed by atoms with Crippen molar-refractivity contribution in [3.8, 4) is 5.69 Å². The highest BCUT2D eigenvalue weighted by Gasteiger charge is 2.34. The van der Waals surface area contributed by atoms with Gasteiger partial charge in [0.2, 0.25) is 0 Å². The van der Waals surface area contributed by atoms with Crippen LogP contribution in [0, 0.1) is 6.92 Å². The molecule has 192 valence electrons. The Hall–Kier alpha value is -4.89. The Morgan fingerprint density at radius 3 is 2.27 bits per heavy atom. The van der Waals surface area contributed by atoms with E-state index in [1.165, 1.54) is 44.2 Å². The first-order valence-corrected chi connectivity index (χ1v) is 13.9. The van der Waals surface area contributed by atoms with E-state index < -0.39 is 0 Å². The lowest BCUT2D eigenvalue weighted by Crippen LogP contribution is -2.26. The molecule has 5 aromatic carbocycles. The molecule has 0 amide bonds. The fraction of sp³-hybridized carbons (Fsp3) is 0.108. The lowest BCUT2D eigenvalue weighted by Gasteiger charge is -2.34. The van der Waals surface area contributed by atoms with E-state index in [1.807, 2.05) is 12.3 Å². The summed E-state index contributed by atoms with van der Waals surface area (Å²) in [6, 6.07) is 42.0. The van der Waals surface area contributed by atoms with Gasteiger partial charge in [0, 0.05) is 44.8 Å². The fourth-order valence-electron chi connectivity index (χ4n) is 6.63. The van der Waals surface area contributed by atoms with Gasteiger partial charge in [-0.05, 0) is 72.6 Å². The van der Waals surface area contributed by atoms with Crippen molar-refractivity contribution >= 4 is 49.8 Å². The number of pyridine rings is 1. The summed E-state index contributed by atoms with van der Waals surface area (Å²) in [5.41, 5.74) is 12.1. The molecule has 0 unspecified atom stereocenters. The average Bonchev–Trinajstić information content (AvgIpc) is 3.32. The number of benzene rings is 5. The Labute approximate surface area is 234 Å². The van der Waals surface area contributed by atoms with Gasteiger partial charge in [-0.1, -0.05) is 80.1 Å². The summed E-state index contributed by atoms with van der Waals surface area (Å²) in [5.74, 6) is 0. The lowest BCUT2D eigenvalue weighted by molar-refractivity contribution is 0.630. The minimum absolute atomic E-state index is 0.0741. The molecule has 7 aromatic rings.